The second-order valence-corrected chi connectivity index (χ2v) is 10.7. The van der Waals surface area contributed by atoms with Gasteiger partial charge < -0.3 is 20.6 Å². The van der Waals surface area contributed by atoms with Crippen LogP contribution in [0.25, 0.3) is 11.1 Å². The highest BCUT2D eigenvalue weighted by atomic mass is 16.3. The number of aliphatic hydroxyl groups excluding tert-OH is 1. The van der Waals surface area contributed by atoms with Gasteiger partial charge in [-0.15, -0.1) is 0 Å². The summed E-state index contributed by atoms with van der Waals surface area (Å²) in [7, 11) is 1.70. The SMILES string of the molecule is CN1C(=O)C(NC(=O)C(NC(=O)C(O)C2CCCC2)C(C)(C)C)c2ccccc2-c2ccccc21. The first-order valence-corrected chi connectivity index (χ1v) is 12.3. The van der Waals surface area contributed by atoms with Gasteiger partial charge in [0.15, 0.2) is 0 Å². The van der Waals surface area contributed by atoms with Crippen molar-refractivity contribution in [2.24, 2.45) is 11.3 Å². The fraction of sp³-hybridized carbons (Fsp3) is 0.464. The molecule has 35 heavy (non-hydrogen) atoms. The minimum Gasteiger partial charge on any atom is -0.383 e. The van der Waals surface area contributed by atoms with Crippen molar-refractivity contribution in [2.45, 2.75) is 64.6 Å². The van der Waals surface area contributed by atoms with E-state index in [9.17, 15) is 19.5 Å². The monoisotopic (exact) mass is 477 g/mol. The predicted octanol–water partition coefficient (Wildman–Crippen LogP) is 3.57. The number of nitrogens with one attached hydrogen (secondary N) is 2. The topological polar surface area (TPSA) is 98.7 Å². The normalized spacial score (nSPS) is 19.9. The Balaban J connectivity index is 1.62. The van der Waals surface area contributed by atoms with E-state index in [0.29, 0.717) is 5.56 Å². The van der Waals surface area contributed by atoms with Crippen LogP contribution in [0.3, 0.4) is 0 Å². The van der Waals surface area contributed by atoms with Gasteiger partial charge in [0.05, 0.1) is 5.69 Å². The maximum atomic E-state index is 13.6. The molecule has 0 saturated heterocycles. The number of anilines is 1. The molecule has 3 atom stereocenters. The number of rotatable bonds is 5. The number of hydrogen-bond acceptors (Lipinski definition) is 4. The lowest BCUT2D eigenvalue weighted by molar-refractivity contribution is -0.138. The molecular weight excluding hydrogens is 442 g/mol. The maximum absolute atomic E-state index is 13.6. The average molecular weight is 478 g/mol. The predicted molar refractivity (Wildman–Crippen MR) is 136 cm³/mol. The summed E-state index contributed by atoms with van der Waals surface area (Å²) in [6.07, 6.45) is 2.47. The van der Waals surface area contributed by atoms with Crippen molar-refractivity contribution in [3.63, 3.8) is 0 Å². The first kappa shape index (κ1) is 24.9. The Kier molecular flexibility index (Phi) is 6.99. The Morgan fingerprint density at radius 2 is 1.57 bits per heavy atom. The van der Waals surface area contributed by atoms with Crippen LogP contribution in [0.4, 0.5) is 5.69 Å². The molecule has 4 rings (SSSR count). The highest BCUT2D eigenvalue weighted by Crippen LogP contribution is 2.39. The van der Waals surface area contributed by atoms with Crippen LogP contribution in [0.15, 0.2) is 48.5 Å². The fourth-order valence-electron chi connectivity index (χ4n) is 5.19. The molecule has 3 amide bonds. The Hall–Kier alpha value is -3.19. The molecule has 2 aromatic rings. The molecule has 1 heterocycles. The smallest absolute Gasteiger partial charge is 0.253 e. The summed E-state index contributed by atoms with van der Waals surface area (Å²) >= 11 is 0. The zero-order valence-corrected chi connectivity index (χ0v) is 20.9. The van der Waals surface area contributed by atoms with Crippen LogP contribution in [0.1, 0.15) is 58.1 Å². The van der Waals surface area contributed by atoms with Gasteiger partial charge in [-0.2, -0.15) is 0 Å². The highest BCUT2D eigenvalue weighted by molar-refractivity contribution is 6.06. The number of carbonyl (C=O) groups is 3. The summed E-state index contributed by atoms with van der Waals surface area (Å²) in [5.74, 6) is -1.34. The number of nitrogens with zero attached hydrogens (tertiary/aromatic N) is 1. The summed E-state index contributed by atoms with van der Waals surface area (Å²) in [5, 5.41) is 16.3. The second-order valence-electron chi connectivity index (χ2n) is 10.7. The molecule has 186 valence electrons. The summed E-state index contributed by atoms with van der Waals surface area (Å²) in [4.78, 5) is 41.6. The Morgan fingerprint density at radius 1 is 0.971 bits per heavy atom. The summed E-state index contributed by atoms with van der Waals surface area (Å²) in [6.45, 7) is 5.55. The van der Waals surface area contributed by atoms with E-state index in [1.165, 1.54) is 0 Å². The van der Waals surface area contributed by atoms with Crippen molar-refractivity contribution in [2.75, 3.05) is 11.9 Å². The van der Waals surface area contributed by atoms with Crippen LogP contribution in [-0.2, 0) is 14.4 Å². The van der Waals surface area contributed by atoms with Gasteiger partial charge in [0.1, 0.15) is 18.2 Å². The van der Waals surface area contributed by atoms with E-state index in [1.54, 1.807) is 11.9 Å². The third-order valence-corrected chi connectivity index (χ3v) is 7.22. The molecule has 7 nitrogen and oxygen atoms in total. The summed E-state index contributed by atoms with van der Waals surface area (Å²) in [6, 6.07) is 13.4. The van der Waals surface area contributed by atoms with E-state index in [1.807, 2.05) is 69.3 Å². The van der Waals surface area contributed by atoms with E-state index in [2.05, 4.69) is 10.6 Å². The maximum Gasteiger partial charge on any atom is 0.253 e. The number of hydrogen-bond donors (Lipinski definition) is 3. The first-order chi connectivity index (χ1) is 16.6. The first-order valence-electron chi connectivity index (χ1n) is 12.3. The number of likely N-dealkylation sites (N-methyl/N-ethyl adjacent to an activating group) is 1. The molecule has 1 aliphatic heterocycles. The van der Waals surface area contributed by atoms with Crippen LogP contribution < -0.4 is 15.5 Å². The van der Waals surface area contributed by atoms with Gasteiger partial charge in [0.2, 0.25) is 11.8 Å². The van der Waals surface area contributed by atoms with Crippen molar-refractivity contribution in [1.29, 1.82) is 0 Å². The fourth-order valence-corrected chi connectivity index (χ4v) is 5.19. The standard InChI is InChI=1S/C28H35N3O4/c1-28(2,3)24(30-25(33)23(32)17-11-5-6-12-17)26(34)29-22-20-15-8-7-13-18(20)19-14-9-10-16-21(19)31(4)27(22)35/h7-10,13-17,22-24,32H,5-6,11-12H2,1-4H3,(H,29,34)(H,30,33). The molecule has 1 saturated carbocycles. The Bertz CT molecular complexity index is 1120. The molecule has 0 aromatic heterocycles. The van der Waals surface area contributed by atoms with Crippen LogP contribution in [-0.4, -0.2) is 42.0 Å². The van der Waals surface area contributed by atoms with Crippen molar-refractivity contribution in [3.8, 4) is 11.1 Å². The number of para-hydroxylation sites is 1. The molecule has 0 radical (unpaired) electrons. The minimum atomic E-state index is -1.14. The largest absolute Gasteiger partial charge is 0.383 e. The number of amides is 3. The van der Waals surface area contributed by atoms with Gasteiger partial charge in [0.25, 0.3) is 5.91 Å². The lowest BCUT2D eigenvalue weighted by atomic mass is 9.85. The molecule has 2 aromatic carbocycles. The number of benzene rings is 2. The van der Waals surface area contributed by atoms with E-state index < -0.39 is 35.4 Å². The zero-order valence-electron chi connectivity index (χ0n) is 20.9. The number of carbonyl (C=O) groups excluding carboxylic acids is 3. The Labute approximate surface area is 206 Å². The molecule has 2 aliphatic rings. The third-order valence-electron chi connectivity index (χ3n) is 7.22. The molecule has 1 fully saturated rings. The van der Waals surface area contributed by atoms with Crippen molar-refractivity contribution in [1.82, 2.24) is 10.6 Å². The molecule has 0 bridgehead atoms. The molecule has 1 aliphatic carbocycles. The lowest BCUT2D eigenvalue weighted by Crippen LogP contribution is -2.57. The van der Waals surface area contributed by atoms with Crippen molar-refractivity contribution >= 4 is 23.4 Å². The van der Waals surface area contributed by atoms with E-state index in [0.717, 1.165) is 42.5 Å². The van der Waals surface area contributed by atoms with Gasteiger partial charge in [-0.05, 0) is 41.4 Å². The summed E-state index contributed by atoms with van der Waals surface area (Å²) in [5.41, 5.74) is 2.61. The van der Waals surface area contributed by atoms with Gasteiger partial charge in [-0.3, -0.25) is 14.4 Å². The van der Waals surface area contributed by atoms with Crippen molar-refractivity contribution in [3.05, 3.63) is 54.1 Å². The van der Waals surface area contributed by atoms with Gasteiger partial charge in [-0.1, -0.05) is 76.1 Å². The lowest BCUT2D eigenvalue weighted by Gasteiger charge is -2.33. The molecular formula is C28H35N3O4. The van der Waals surface area contributed by atoms with E-state index in [4.69, 9.17) is 0 Å². The minimum absolute atomic E-state index is 0.0823. The quantitative estimate of drug-likeness (QED) is 0.613. The second kappa shape index (κ2) is 9.82. The highest BCUT2D eigenvalue weighted by Gasteiger charge is 2.40. The van der Waals surface area contributed by atoms with Crippen LogP contribution >= 0.6 is 0 Å². The average Bonchev–Trinajstić information content (AvgIpc) is 3.36. The van der Waals surface area contributed by atoms with Crippen LogP contribution in [0.5, 0.6) is 0 Å². The van der Waals surface area contributed by atoms with Crippen LogP contribution in [0.2, 0.25) is 0 Å². The Morgan fingerprint density at radius 3 is 2.23 bits per heavy atom. The molecule has 0 spiro atoms. The van der Waals surface area contributed by atoms with Gasteiger partial charge in [-0.25, -0.2) is 0 Å². The van der Waals surface area contributed by atoms with Gasteiger partial charge >= 0.3 is 0 Å². The van der Waals surface area contributed by atoms with E-state index in [-0.39, 0.29) is 11.8 Å². The molecule has 3 N–H and O–H groups in total. The van der Waals surface area contributed by atoms with Crippen molar-refractivity contribution < 1.29 is 19.5 Å². The number of aliphatic hydroxyl groups is 1. The third kappa shape index (κ3) is 4.96. The zero-order chi connectivity index (χ0) is 25.3. The summed E-state index contributed by atoms with van der Waals surface area (Å²) < 4.78 is 0. The van der Waals surface area contributed by atoms with E-state index >= 15 is 0 Å². The number of fused-ring (bicyclic) bond motifs is 3. The van der Waals surface area contributed by atoms with Crippen LogP contribution in [0, 0.1) is 11.3 Å². The molecule has 7 heteroatoms. The molecule has 3 unspecified atom stereocenters. The van der Waals surface area contributed by atoms with Gasteiger partial charge in [0, 0.05) is 12.6 Å².